The van der Waals surface area contributed by atoms with Crippen molar-refractivity contribution in [3.05, 3.63) is 76.8 Å². The summed E-state index contributed by atoms with van der Waals surface area (Å²) < 4.78 is 48.8. The number of rotatable bonds is 4. The van der Waals surface area contributed by atoms with Crippen LogP contribution in [0.5, 0.6) is 0 Å². The predicted molar refractivity (Wildman–Crippen MR) is 99.4 cm³/mol. The topological polar surface area (TPSA) is 63.7 Å². The van der Waals surface area contributed by atoms with Gasteiger partial charge in [0.1, 0.15) is 17.3 Å². The van der Waals surface area contributed by atoms with E-state index < -0.39 is 22.9 Å². The van der Waals surface area contributed by atoms with E-state index in [1.165, 1.54) is 24.5 Å². The number of carbonyl (C=O) groups excluding carboxylic acids is 2. The van der Waals surface area contributed by atoms with Crippen molar-refractivity contribution in [1.29, 1.82) is 0 Å². The van der Waals surface area contributed by atoms with Crippen LogP contribution in [0.1, 0.15) is 17.1 Å². The summed E-state index contributed by atoms with van der Waals surface area (Å²) >= 11 is 0.780. The van der Waals surface area contributed by atoms with E-state index in [0.29, 0.717) is 22.8 Å². The fourth-order valence-corrected chi connectivity index (χ4v) is 3.55. The number of benzene rings is 1. The molecule has 9 heteroatoms. The summed E-state index contributed by atoms with van der Waals surface area (Å²) in [6.45, 7) is 0.0317. The van der Waals surface area contributed by atoms with Gasteiger partial charge in [0.2, 0.25) is 0 Å². The van der Waals surface area contributed by atoms with E-state index in [1.54, 1.807) is 24.3 Å². The lowest BCUT2D eigenvalue weighted by Crippen LogP contribution is -2.27. The molecule has 0 N–H and O–H groups in total. The summed E-state index contributed by atoms with van der Waals surface area (Å²) in [5.74, 6) is 0.670. The van der Waals surface area contributed by atoms with E-state index >= 15 is 0 Å². The molecule has 0 atom stereocenters. The third-order valence-corrected chi connectivity index (χ3v) is 5.07. The minimum atomic E-state index is -4.41. The summed E-state index contributed by atoms with van der Waals surface area (Å²) in [6, 6.07) is 11.0. The van der Waals surface area contributed by atoms with Gasteiger partial charge in [-0.15, -0.1) is 0 Å². The molecule has 29 heavy (non-hydrogen) atoms. The first-order chi connectivity index (χ1) is 13.8. The van der Waals surface area contributed by atoms with Crippen molar-refractivity contribution in [2.45, 2.75) is 12.7 Å². The highest BCUT2D eigenvalue weighted by atomic mass is 32.2. The van der Waals surface area contributed by atoms with Crippen LogP contribution in [0.3, 0.4) is 0 Å². The highest BCUT2D eigenvalue weighted by molar-refractivity contribution is 8.18. The maximum Gasteiger partial charge on any atom is 0.416 e. The van der Waals surface area contributed by atoms with Crippen molar-refractivity contribution < 1.29 is 31.6 Å². The van der Waals surface area contributed by atoms with Crippen LogP contribution in [0, 0.1) is 0 Å². The quantitative estimate of drug-likeness (QED) is 0.501. The minimum absolute atomic E-state index is 0.0317. The van der Waals surface area contributed by atoms with Gasteiger partial charge in [-0.1, -0.05) is 12.1 Å². The maximum atomic E-state index is 12.7. The fourth-order valence-electron chi connectivity index (χ4n) is 2.73. The number of thioether (sulfide) groups is 1. The lowest BCUT2D eigenvalue weighted by molar-refractivity contribution is -0.137. The molecule has 5 nitrogen and oxygen atoms in total. The Labute approximate surface area is 166 Å². The molecular formula is C20H12F3NO4S. The van der Waals surface area contributed by atoms with E-state index in [0.717, 1.165) is 28.8 Å². The number of amides is 2. The molecule has 0 saturated carbocycles. The van der Waals surface area contributed by atoms with Gasteiger partial charge >= 0.3 is 6.18 Å². The Morgan fingerprint density at radius 3 is 2.45 bits per heavy atom. The van der Waals surface area contributed by atoms with E-state index in [4.69, 9.17) is 8.83 Å². The van der Waals surface area contributed by atoms with Gasteiger partial charge in [0.05, 0.1) is 23.3 Å². The van der Waals surface area contributed by atoms with Gasteiger partial charge in [-0.3, -0.25) is 14.5 Å². The fraction of sp³-hybridized carbons (Fsp3) is 0.100. The number of hydrogen-bond acceptors (Lipinski definition) is 5. The zero-order valence-electron chi connectivity index (χ0n) is 14.6. The van der Waals surface area contributed by atoms with E-state index in [1.807, 2.05) is 0 Å². The molecule has 2 aromatic heterocycles. The van der Waals surface area contributed by atoms with Crippen molar-refractivity contribution in [2.75, 3.05) is 0 Å². The molecule has 1 fully saturated rings. The summed E-state index contributed by atoms with van der Waals surface area (Å²) in [4.78, 5) is 25.8. The van der Waals surface area contributed by atoms with E-state index in [-0.39, 0.29) is 11.4 Å². The zero-order valence-corrected chi connectivity index (χ0v) is 15.4. The Morgan fingerprint density at radius 1 is 1.03 bits per heavy atom. The number of halogens is 3. The normalized spacial score (nSPS) is 16.2. The lowest BCUT2D eigenvalue weighted by atomic mass is 10.1. The van der Waals surface area contributed by atoms with Crippen LogP contribution in [0.2, 0.25) is 0 Å². The second-order valence-electron chi connectivity index (χ2n) is 6.12. The number of carbonyl (C=O) groups is 2. The molecule has 0 aliphatic carbocycles. The van der Waals surface area contributed by atoms with Crippen molar-refractivity contribution >= 4 is 29.0 Å². The standard InChI is InChI=1S/C20H12F3NO4S/c21-20(22,23)13-5-3-12(4-6-13)16-8-7-14(28-16)10-17-18(25)24(19(26)29-17)11-15-2-1-9-27-15/h1-10H,11H2/b17-10+. The second kappa shape index (κ2) is 7.32. The second-order valence-corrected chi connectivity index (χ2v) is 7.12. The molecule has 2 amide bonds. The first kappa shape index (κ1) is 19.1. The molecule has 0 bridgehead atoms. The minimum Gasteiger partial charge on any atom is -0.467 e. The summed E-state index contributed by atoms with van der Waals surface area (Å²) in [6.07, 6.45) is -1.53. The number of furan rings is 2. The summed E-state index contributed by atoms with van der Waals surface area (Å²) in [5.41, 5.74) is -0.290. The number of alkyl halides is 3. The van der Waals surface area contributed by atoms with E-state index in [9.17, 15) is 22.8 Å². The third kappa shape index (κ3) is 4.00. The van der Waals surface area contributed by atoms with Crippen LogP contribution in [0.4, 0.5) is 18.0 Å². The first-order valence-electron chi connectivity index (χ1n) is 8.36. The van der Waals surface area contributed by atoms with Crippen LogP contribution in [-0.4, -0.2) is 16.0 Å². The molecule has 1 saturated heterocycles. The highest BCUT2D eigenvalue weighted by Crippen LogP contribution is 2.35. The molecule has 1 aliphatic rings. The molecule has 3 heterocycles. The molecule has 0 unspecified atom stereocenters. The number of hydrogen-bond donors (Lipinski definition) is 0. The average Bonchev–Trinajstić information content (AvgIpc) is 3.40. The first-order valence-corrected chi connectivity index (χ1v) is 9.18. The van der Waals surface area contributed by atoms with Gasteiger partial charge in [-0.05, 0) is 48.2 Å². The van der Waals surface area contributed by atoms with Crippen LogP contribution in [0.25, 0.3) is 17.4 Å². The molecule has 0 radical (unpaired) electrons. The van der Waals surface area contributed by atoms with Crippen LogP contribution >= 0.6 is 11.8 Å². The van der Waals surface area contributed by atoms with Crippen molar-refractivity contribution in [3.8, 4) is 11.3 Å². The third-order valence-electron chi connectivity index (χ3n) is 4.16. The van der Waals surface area contributed by atoms with E-state index in [2.05, 4.69) is 0 Å². The molecule has 0 spiro atoms. The Kier molecular flexibility index (Phi) is 4.83. The smallest absolute Gasteiger partial charge is 0.416 e. The van der Waals surface area contributed by atoms with Crippen LogP contribution in [-0.2, 0) is 17.5 Å². The highest BCUT2D eigenvalue weighted by Gasteiger charge is 2.36. The molecule has 148 valence electrons. The number of nitrogens with zero attached hydrogens (tertiary/aromatic N) is 1. The largest absolute Gasteiger partial charge is 0.467 e. The van der Waals surface area contributed by atoms with Crippen molar-refractivity contribution in [2.24, 2.45) is 0 Å². The summed E-state index contributed by atoms with van der Waals surface area (Å²) in [7, 11) is 0. The van der Waals surface area contributed by atoms with Gasteiger partial charge < -0.3 is 8.83 Å². The molecule has 4 rings (SSSR count). The molecule has 1 aliphatic heterocycles. The monoisotopic (exact) mass is 419 g/mol. The van der Waals surface area contributed by atoms with Gasteiger partial charge in [0.15, 0.2) is 0 Å². The Morgan fingerprint density at radius 2 is 1.79 bits per heavy atom. The Bertz CT molecular complexity index is 1080. The maximum absolute atomic E-state index is 12.7. The van der Waals surface area contributed by atoms with Gasteiger partial charge in [-0.25, -0.2) is 0 Å². The Hall–Kier alpha value is -3.20. The Balaban J connectivity index is 1.52. The van der Waals surface area contributed by atoms with Gasteiger partial charge in [0.25, 0.3) is 11.1 Å². The van der Waals surface area contributed by atoms with Gasteiger partial charge in [0, 0.05) is 11.6 Å². The average molecular weight is 419 g/mol. The van der Waals surface area contributed by atoms with Crippen molar-refractivity contribution in [3.63, 3.8) is 0 Å². The molecular weight excluding hydrogens is 407 g/mol. The molecule has 3 aromatic rings. The SMILES string of the molecule is O=C1S/C(=C/c2ccc(-c3ccc(C(F)(F)F)cc3)o2)C(=O)N1Cc1ccco1. The predicted octanol–water partition coefficient (Wildman–Crippen LogP) is 5.79. The van der Waals surface area contributed by atoms with Crippen LogP contribution in [0.15, 0.2) is 68.5 Å². The lowest BCUT2D eigenvalue weighted by Gasteiger charge is -2.09. The zero-order chi connectivity index (χ0) is 20.6. The van der Waals surface area contributed by atoms with Crippen LogP contribution < -0.4 is 0 Å². The summed E-state index contributed by atoms with van der Waals surface area (Å²) in [5, 5.41) is -0.424. The van der Waals surface area contributed by atoms with Crippen molar-refractivity contribution in [1.82, 2.24) is 4.90 Å². The number of imide groups is 1. The molecule has 1 aromatic carbocycles. The van der Waals surface area contributed by atoms with Gasteiger partial charge in [-0.2, -0.15) is 13.2 Å².